The van der Waals surface area contributed by atoms with Crippen molar-refractivity contribution in [3.05, 3.63) is 87.7 Å². The summed E-state index contributed by atoms with van der Waals surface area (Å²) >= 11 is 12.5. The third-order valence-electron chi connectivity index (χ3n) is 7.20. The van der Waals surface area contributed by atoms with Crippen LogP contribution < -0.4 is 5.73 Å². The lowest BCUT2D eigenvalue weighted by molar-refractivity contribution is -0.144. The van der Waals surface area contributed by atoms with Gasteiger partial charge in [-0.2, -0.15) is 0 Å². The van der Waals surface area contributed by atoms with E-state index in [4.69, 9.17) is 28.9 Å². The molecule has 1 fully saturated rings. The second-order valence-corrected chi connectivity index (χ2v) is 12.0. The van der Waals surface area contributed by atoms with Gasteiger partial charge in [-0.3, -0.25) is 14.5 Å². The summed E-state index contributed by atoms with van der Waals surface area (Å²) in [6.07, 6.45) is 3.46. The Morgan fingerprint density at radius 3 is 2.47 bits per heavy atom. The van der Waals surface area contributed by atoms with Gasteiger partial charge in [0.2, 0.25) is 5.91 Å². The molecule has 4 N–H and O–H groups in total. The van der Waals surface area contributed by atoms with Crippen LogP contribution in [0.5, 0.6) is 0 Å². The molecule has 0 radical (unpaired) electrons. The Balaban J connectivity index is 2.05. The molecule has 1 saturated heterocycles. The van der Waals surface area contributed by atoms with Crippen molar-refractivity contribution in [3.63, 3.8) is 0 Å². The molecule has 1 unspecified atom stereocenters. The number of primary amides is 1. The zero-order chi connectivity index (χ0) is 27.8. The first-order chi connectivity index (χ1) is 17.8. The number of carboxylic acids is 1. The fourth-order valence-corrected chi connectivity index (χ4v) is 6.43. The Kier molecular flexibility index (Phi) is 7.89. The molecular weight excluding hydrogens is 530 g/mol. The molecule has 1 aromatic heterocycles. The number of carbonyl (C=O) groups is 2. The van der Waals surface area contributed by atoms with Crippen LogP contribution in [0.3, 0.4) is 0 Å². The number of hydrogen-bond acceptors (Lipinski definition) is 4. The van der Waals surface area contributed by atoms with Crippen LogP contribution in [-0.2, 0) is 15.0 Å². The quantitative estimate of drug-likeness (QED) is 0.327. The van der Waals surface area contributed by atoms with Crippen LogP contribution in [-0.4, -0.2) is 44.4 Å². The van der Waals surface area contributed by atoms with E-state index in [1.54, 1.807) is 35.4 Å². The number of benzene rings is 2. The number of amides is 1. The number of aliphatic carboxylic acids is 1. The first-order valence-corrected chi connectivity index (χ1v) is 13.1. The van der Waals surface area contributed by atoms with Crippen molar-refractivity contribution in [2.24, 2.45) is 11.1 Å². The number of likely N-dealkylation sites (tertiary alicyclic amines) is 1. The predicted molar refractivity (Wildman–Crippen MR) is 145 cm³/mol. The maximum Gasteiger partial charge on any atom is 0.321 e. The van der Waals surface area contributed by atoms with E-state index in [2.05, 4.69) is 30.7 Å². The van der Waals surface area contributed by atoms with Gasteiger partial charge in [0.05, 0.1) is 11.1 Å². The number of imidazole rings is 1. The number of H-pyrrole nitrogens is 1. The number of nitrogens with one attached hydrogen (secondary N) is 1. The highest BCUT2D eigenvalue weighted by Gasteiger charge is 2.60. The maximum absolute atomic E-state index is 15.8. The molecule has 4 atom stereocenters. The number of aromatic nitrogens is 2. The number of nitrogens with two attached hydrogens (primary N) is 1. The molecule has 1 amide bonds. The van der Waals surface area contributed by atoms with E-state index in [1.165, 1.54) is 12.3 Å². The monoisotopic (exact) mass is 560 g/mol. The van der Waals surface area contributed by atoms with Crippen molar-refractivity contribution < 1.29 is 19.1 Å². The summed E-state index contributed by atoms with van der Waals surface area (Å²) < 4.78 is 15.8. The van der Waals surface area contributed by atoms with E-state index in [0.717, 1.165) is 5.56 Å². The summed E-state index contributed by atoms with van der Waals surface area (Å²) in [5.74, 6) is -2.89. The standard InChI is InChI=1S/C28H31Cl2FN4O3/c1-27(2,3)14-28(16-7-9-17(29)10-8-16)15-35(20(13-21(32)36)25-33-11-12-34-25)24(26(37)38)22(28)18-5-4-6-19(30)23(18)31/h4-12,20,22,24H,13-15H2,1-3H3,(H2,32,36)(H,33,34)(H,37,38)/t20?,22-,24+,28-/m0/s1. The largest absolute Gasteiger partial charge is 0.480 e. The molecule has 7 nitrogen and oxygen atoms in total. The van der Waals surface area contributed by atoms with Crippen LogP contribution >= 0.6 is 23.2 Å². The van der Waals surface area contributed by atoms with Gasteiger partial charge in [0.15, 0.2) is 0 Å². The highest BCUT2D eigenvalue weighted by molar-refractivity contribution is 6.31. The van der Waals surface area contributed by atoms with E-state index in [1.807, 2.05) is 12.1 Å². The average molecular weight is 561 g/mol. The zero-order valence-electron chi connectivity index (χ0n) is 21.4. The topological polar surface area (TPSA) is 112 Å². The van der Waals surface area contributed by atoms with Crippen LogP contribution in [0.15, 0.2) is 54.9 Å². The van der Waals surface area contributed by atoms with Gasteiger partial charge in [-0.15, -0.1) is 0 Å². The van der Waals surface area contributed by atoms with E-state index >= 15 is 4.39 Å². The van der Waals surface area contributed by atoms with Crippen molar-refractivity contribution in [1.82, 2.24) is 14.9 Å². The fourth-order valence-electron chi connectivity index (χ4n) is 6.12. The van der Waals surface area contributed by atoms with Crippen molar-refractivity contribution in [1.29, 1.82) is 0 Å². The summed E-state index contributed by atoms with van der Waals surface area (Å²) in [4.78, 5) is 34.4. The third-order valence-corrected chi connectivity index (χ3v) is 7.74. The van der Waals surface area contributed by atoms with Crippen molar-refractivity contribution in [2.75, 3.05) is 6.54 Å². The van der Waals surface area contributed by atoms with Crippen LogP contribution in [0.4, 0.5) is 4.39 Å². The van der Waals surface area contributed by atoms with Gasteiger partial charge in [-0.25, -0.2) is 9.37 Å². The lowest BCUT2D eigenvalue weighted by atomic mass is 9.61. The summed E-state index contributed by atoms with van der Waals surface area (Å²) in [5, 5.41) is 11.1. The predicted octanol–water partition coefficient (Wildman–Crippen LogP) is 5.70. The van der Waals surface area contributed by atoms with E-state index < -0.39 is 41.1 Å². The van der Waals surface area contributed by atoms with Gasteiger partial charge in [0, 0.05) is 41.7 Å². The van der Waals surface area contributed by atoms with Gasteiger partial charge in [0.1, 0.15) is 17.7 Å². The first-order valence-electron chi connectivity index (χ1n) is 12.3. The van der Waals surface area contributed by atoms with Gasteiger partial charge in [-0.1, -0.05) is 68.2 Å². The normalized spacial score (nSPS) is 22.9. The fraction of sp³-hybridized carbons (Fsp3) is 0.393. The Hall–Kier alpha value is -2.94. The van der Waals surface area contributed by atoms with Gasteiger partial charge in [-0.05, 0) is 41.2 Å². The number of halogens is 3. The molecule has 38 heavy (non-hydrogen) atoms. The molecule has 2 heterocycles. The molecule has 4 rings (SSSR count). The molecule has 0 spiro atoms. The molecule has 0 saturated carbocycles. The molecule has 0 bridgehead atoms. The van der Waals surface area contributed by atoms with E-state index in [-0.39, 0.29) is 29.0 Å². The third kappa shape index (κ3) is 5.44. The first kappa shape index (κ1) is 28.1. The summed E-state index contributed by atoms with van der Waals surface area (Å²) in [6, 6.07) is 9.88. The number of aromatic amines is 1. The summed E-state index contributed by atoms with van der Waals surface area (Å²) in [6.45, 7) is 6.36. The Bertz CT molecular complexity index is 1310. The molecule has 202 valence electrons. The SMILES string of the molecule is CC(C)(C)C[C@@]1(c2ccc(Cl)cc2)CN(C(CC(N)=O)c2ncc[nH]2)[C@@H](C(=O)O)[C@@H]1c1cccc(Cl)c1F. The summed E-state index contributed by atoms with van der Waals surface area (Å²) in [5.41, 5.74) is 5.44. The number of carbonyl (C=O) groups excluding carboxylic acids is 1. The number of nitrogens with zero attached hydrogens (tertiary/aromatic N) is 2. The highest BCUT2D eigenvalue weighted by atomic mass is 35.5. The van der Waals surface area contributed by atoms with E-state index in [9.17, 15) is 14.7 Å². The van der Waals surface area contributed by atoms with Gasteiger partial charge in [0.25, 0.3) is 0 Å². The van der Waals surface area contributed by atoms with Crippen LogP contribution in [0, 0.1) is 11.2 Å². The molecule has 1 aliphatic rings. The van der Waals surface area contributed by atoms with Crippen molar-refractivity contribution >= 4 is 35.1 Å². The molecule has 3 aromatic rings. The maximum atomic E-state index is 15.8. The zero-order valence-corrected chi connectivity index (χ0v) is 22.9. The van der Waals surface area contributed by atoms with Crippen LogP contribution in [0.2, 0.25) is 10.0 Å². The van der Waals surface area contributed by atoms with Crippen LogP contribution in [0.25, 0.3) is 0 Å². The van der Waals surface area contributed by atoms with Gasteiger partial charge >= 0.3 is 5.97 Å². The minimum atomic E-state index is -1.23. The number of carboxylic acid groups (broad SMARTS) is 1. The smallest absolute Gasteiger partial charge is 0.321 e. The van der Waals surface area contributed by atoms with Gasteiger partial charge < -0.3 is 15.8 Å². The Labute approximate surface area is 231 Å². The Morgan fingerprint density at radius 1 is 1.24 bits per heavy atom. The molecule has 0 aliphatic carbocycles. The second-order valence-electron chi connectivity index (χ2n) is 11.1. The molecule has 10 heteroatoms. The highest BCUT2D eigenvalue weighted by Crippen LogP contribution is 2.56. The number of rotatable bonds is 8. The minimum absolute atomic E-state index is 0.0921. The number of hydrogen-bond donors (Lipinski definition) is 3. The molecule has 1 aliphatic heterocycles. The molecule has 2 aromatic carbocycles. The van der Waals surface area contributed by atoms with E-state index in [0.29, 0.717) is 17.3 Å². The molecular formula is C28H31Cl2FN4O3. The minimum Gasteiger partial charge on any atom is -0.480 e. The van der Waals surface area contributed by atoms with Crippen LogP contribution in [0.1, 0.15) is 62.5 Å². The lowest BCUT2D eigenvalue weighted by Gasteiger charge is -2.41. The average Bonchev–Trinajstić information content (AvgIpc) is 3.46. The Morgan fingerprint density at radius 2 is 1.92 bits per heavy atom. The second kappa shape index (κ2) is 10.7. The summed E-state index contributed by atoms with van der Waals surface area (Å²) in [7, 11) is 0. The lowest BCUT2D eigenvalue weighted by Crippen LogP contribution is -2.43. The van der Waals surface area contributed by atoms with Crippen molar-refractivity contribution in [2.45, 2.75) is 57.0 Å². The van der Waals surface area contributed by atoms with Crippen molar-refractivity contribution in [3.8, 4) is 0 Å².